The number of carbonyl (C=O) groups is 2. The summed E-state index contributed by atoms with van der Waals surface area (Å²) in [4.78, 5) is 23.7. The van der Waals surface area contributed by atoms with Crippen LogP contribution in [0.15, 0.2) is 12.1 Å². The maximum absolute atomic E-state index is 12.2. The van der Waals surface area contributed by atoms with Crippen LogP contribution in [0.2, 0.25) is 0 Å². The maximum atomic E-state index is 12.2. The van der Waals surface area contributed by atoms with E-state index in [0.29, 0.717) is 16.4 Å². The van der Waals surface area contributed by atoms with E-state index in [1.807, 2.05) is 13.0 Å². The average molecular weight is 322 g/mol. The Labute approximate surface area is 132 Å². The minimum atomic E-state index is -0.964. The highest BCUT2D eigenvalue weighted by Gasteiger charge is 2.20. The summed E-state index contributed by atoms with van der Waals surface area (Å²) in [5, 5.41) is 9.84. The van der Waals surface area contributed by atoms with Crippen LogP contribution in [0.3, 0.4) is 0 Å². The number of Topliss-reactive ketones (excluding diaryl/α,β-unsaturated/α-hetero) is 1. The molecular formula is C16H18O5S. The topological polar surface area (TPSA) is 72.8 Å². The van der Waals surface area contributed by atoms with Crippen LogP contribution in [0.4, 0.5) is 0 Å². The number of aryl methyl sites for hydroxylation is 1. The molecule has 0 bridgehead atoms. The number of hydrogen-bond acceptors (Lipinski definition) is 5. The Morgan fingerprint density at radius 1 is 1.27 bits per heavy atom. The third kappa shape index (κ3) is 2.92. The Hall–Kier alpha value is -2.08. The summed E-state index contributed by atoms with van der Waals surface area (Å²) in [6, 6.07) is 3.64. The molecule has 0 unspecified atom stereocenters. The van der Waals surface area contributed by atoms with E-state index in [1.165, 1.54) is 18.3 Å². The van der Waals surface area contributed by atoms with Crippen molar-refractivity contribution in [2.75, 3.05) is 14.2 Å². The first-order valence-electron chi connectivity index (χ1n) is 6.80. The van der Waals surface area contributed by atoms with Gasteiger partial charge in [-0.15, -0.1) is 11.3 Å². The van der Waals surface area contributed by atoms with Gasteiger partial charge in [-0.05, 0) is 13.0 Å². The zero-order valence-corrected chi connectivity index (χ0v) is 13.7. The number of carboxylic acids is 1. The summed E-state index contributed by atoms with van der Waals surface area (Å²) < 4.78 is 11.6. The number of ketones is 1. The maximum Gasteiger partial charge on any atom is 0.306 e. The van der Waals surface area contributed by atoms with Crippen molar-refractivity contribution in [3.05, 3.63) is 22.6 Å². The van der Waals surface area contributed by atoms with E-state index in [1.54, 1.807) is 20.3 Å². The van der Waals surface area contributed by atoms with Crippen molar-refractivity contribution >= 4 is 33.2 Å². The molecular weight excluding hydrogens is 304 g/mol. The highest BCUT2D eigenvalue weighted by atomic mass is 32.1. The van der Waals surface area contributed by atoms with Gasteiger partial charge in [-0.25, -0.2) is 0 Å². The van der Waals surface area contributed by atoms with Gasteiger partial charge in [0, 0.05) is 28.1 Å². The molecule has 22 heavy (non-hydrogen) atoms. The number of aliphatic carboxylic acids is 1. The molecule has 2 rings (SSSR count). The lowest BCUT2D eigenvalue weighted by atomic mass is 10.0. The number of ether oxygens (including phenoxy) is 2. The quantitative estimate of drug-likeness (QED) is 0.824. The SMILES string of the molecule is COc1cc2sc(C(=O)C[C@H](C)C(=O)O)cc2c(C)c1OC. The molecule has 0 aliphatic carbocycles. The van der Waals surface area contributed by atoms with Crippen LogP contribution in [-0.2, 0) is 4.79 Å². The Balaban J connectivity index is 2.44. The zero-order chi connectivity index (χ0) is 16.4. The number of rotatable bonds is 6. The normalized spacial score (nSPS) is 12.2. The molecule has 0 amide bonds. The van der Waals surface area contributed by atoms with E-state index in [9.17, 15) is 9.59 Å². The molecule has 0 spiro atoms. The largest absolute Gasteiger partial charge is 0.493 e. The molecule has 118 valence electrons. The molecule has 6 heteroatoms. The lowest BCUT2D eigenvalue weighted by Crippen LogP contribution is -2.13. The van der Waals surface area contributed by atoms with Gasteiger partial charge < -0.3 is 14.6 Å². The molecule has 1 aromatic carbocycles. The number of fused-ring (bicyclic) bond motifs is 1. The van der Waals surface area contributed by atoms with Crippen molar-refractivity contribution in [2.45, 2.75) is 20.3 Å². The van der Waals surface area contributed by atoms with Gasteiger partial charge in [-0.1, -0.05) is 6.92 Å². The van der Waals surface area contributed by atoms with Gasteiger partial charge in [0.1, 0.15) is 0 Å². The van der Waals surface area contributed by atoms with Crippen LogP contribution in [0.1, 0.15) is 28.6 Å². The highest BCUT2D eigenvalue weighted by molar-refractivity contribution is 7.20. The Morgan fingerprint density at radius 2 is 1.95 bits per heavy atom. The summed E-state index contributed by atoms with van der Waals surface area (Å²) in [7, 11) is 3.14. The summed E-state index contributed by atoms with van der Waals surface area (Å²) in [6.45, 7) is 3.44. The van der Waals surface area contributed by atoms with Crippen molar-refractivity contribution in [2.24, 2.45) is 5.92 Å². The van der Waals surface area contributed by atoms with Crippen molar-refractivity contribution in [3.8, 4) is 11.5 Å². The molecule has 1 aromatic heterocycles. The Morgan fingerprint density at radius 3 is 2.50 bits per heavy atom. The van der Waals surface area contributed by atoms with Crippen LogP contribution in [0.25, 0.3) is 10.1 Å². The standard InChI is InChI=1S/C16H18O5S/c1-8(16(18)19)5-11(17)14-6-10-9(2)15(21-4)12(20-3)7-13(10)22-14/h6-8H,5H2,1-4H3,(H,18,19)/t8-/m0/s1. The summed E-state index contributed by atoms with van der Waals surface area (Å²) in [5.74, 6) is -0.553. The lowest BCUT2D eigenvalue weighted by Gasteiger charge is -2.10. The molecule has 0 aliphatic rings. The van der Waals surface area contributed by atoms with Crippen molar-refractivity contribution in [1.29, 1.82) is 0 Å². The van der Waals surface area contributed by atoms with E-state index in [2.05, 4.69) is 0 Å². The smallest absolute Gasteiger partial charge is 0.306 e. The molecule has 2 aromatic rings. The van der Waals surface area contributed by atoms with E-state index in [0.717, 1.165) is 15.6 Å². The molecule has 1 N–H and O–H groups in total. The van der Waals surface area contributed by atoms with Gasteiger partial charge in [0.2, 0.25) is 0 Å². The minimum Gasteiger partial charge on any atom is -0.493 e. The first-order chi connectivity index (χ1) is 10.4. The van der Waals surface area contributed by atoms with E-state index < -0.39 is 11.9 Å². The first-order valence-corrected chi connectivity index (χ1v) is 7.61. The second-order valence-corrected chi connectivity index (χ2v) is 6.21. The molecule has 5 nitrogen and oxygen atoms in total. The van der Waals surface area contributed by atoms with Crippen LogP contribution >= 0.6 is 11.3 Å². The minimum absolute atomic E-state index is 0.00449. The van der Waals surface area contributed by atoms with Crippen LogP contribution < -0.4 is 9.47 Å². The van der Waals surface area contributed by atoms with Crippen LogP contribution in [0.5, 0.6) is 11.5 Å². The third-order valence-corrected chi connectivity index (χ3v) is 4.73. The third-order valence-electron chi connectivity index (χ3n) is 3.60. The number of carboxylic acid groups (broad SMARTS) is 1. The Kier molecular flexibility index (Phi) is 4.71. The average Bonchev–Trinajstić information content (AvgIpc) is 2.91. The van der Waals surface area contributed by atoms with Gasteiger partial charge in [-0.2, -0.15) is 0 Å². The highest BCUT2D eigenvalue weighted by Crippen LogP contribution is 2.40. The fourth-order valence-electron chi connectivity index (χ4n) is 2.31. The molecule has 0 saturated carbocycles. The van der Waals surface area contributed by atoms with Gasteiger partial charge >= 0.3 is 5.97 Å². The number of benzene rings is 1. The predicted octanol–water partition coefficient (Wildman–Crippen LogP) is 3.52. The van der Waals surface area contributed by atoms with Crippen LogP contribution in [-0.4, -0.2) is 31.1 Å². The molecule has 0 aliphatic heterocycles. The van der Waals surface area contributed by atoms with Gasteiger partial charge in [0.05, 0.1) is 25.0 Å². The summed E-state index contributed by atoms with van der Waals surface area (Å²) in [6.07, 6.45) is -0.00449. The molecule has 0 saturated heterocycles. The van der Waals surface area contributed by atoms with Crippen molar-refractivity contribution in [1.82, 2.24) is 0 Å². The molecule has 1 atom stereocenters. The molecule has 0 fully saturated rings. The number of hydrogen-bond donors (Lipinski definition) is 1. The Bertz CT molecular complexity index is 732. The van der Waals surface area contributed by atoms with E-state index >= 15 is 0 Å². The summed E-state index contributed by atoms with van der Waals surface area (Å²) in [5.41, 5.74) is 0.901. The summed E-state index contributed by atoms with van der Waals surface area (Å²) >= 11 is 1.34. The lowest BCUT2D eigenvalue weighted by molar-refractivity contribution is -0.141. The van der Waals surface area contributed by atoms with Crippen molar-refractivity contribution < 1.29 is 24.2 Å². The second kappa shape index (κ2) is 6.36. The van der Waals surface area contributed by atoms with Crippen molar-refractivity contribution in [3.63, 3.8) is 0 Å². The number of carbonyl (C=O) groups excluding carboxylic acids is 1. The van der Waals surface area contributed by atoms with E-state index in [-0.39, 0.29) is 12.2 Å². The monoisotopic (exact) mass is 322 g/mol. The van der Waals surface area contributed by atoms with E-state index in [4.69, 9.17) is 14.6 Å². The van der Waals surface area contributed by atoms with Gasteiger partial charge in [0.15, 0.2) is 17.3 Å². The molecule has 0 radical (unpaired) electrons. The van der Waals surface area contributed by atoms with Gasteiger partial charge in [-0.3, -0.25) is 9.59 Å². The fourth-order valence-corrected chi connectivity index (χ4v) is 3.40. The fraction of sp³-hybridized carbons (Fsp3) is 0.375. The number of thiophene rings is 1. The second-order valence-electron chi connectivity index (χ2n) is 5.13. The predicted molar refractivity (Wildman–Crippen MR) is 85.4 cm³/mol. The number of methoxy groups -OCH3 is 2. The zero-order valence-electron chi connectivity index (χ0n) is 12.9. The van der Waals surface area contributed by atoms with Gasteiger partial charge in [0.25, 0.3) is 0 Å². The molecule has 1 heterocycles. The van der Waals surface area contributed by atoms with Crippen LogP contribution in [0, 0.1) is 12.8 Å². The first kappa shape index (κ1) is 16.3.